The fraction of sp³-hybridized carbons (Fsp3) is 0.682. The van der Waals surface area contributed by atoms with Gasteiger partial charge in [0.15, 0.2) is 5.96 Å². The molecule has 0 bridgehead atoms. The number of benzene rings is 1. The number of nitrogens with one attached hydrogen (secondary N) is 2. The highest BCUT2D eigenvalue weighted by molar-refractivity contribution is 14.0. The first-order valence-corrected chi connectivity index (χ1v) is 10.7. The molecule has 0 aliphatic carbocycles. The predicted molar refractivity (Wildman–Crippen MR) is 132 cm³/mol. The van der Waals surface area contributed by atoms with Gasteiger partial charge in [0.05, 0.1) is 25.8 Å². The lowest BCUT2D eigenvalue weighted by molar-refractivity contribution is 0.0776. The summed E-state index contributed by atoms with van der Waals surface area (Å²) in [7, 11) is 1.74. The van der Waals surface area contributed by atoms with E-state index in [1.165, 1.54) is 18.4 Å². The van der Waals surface area contributed by atoms with Crippen LogP contribution in [0.5, 0.6) is 5.75 Å². The number of ether oxygens (including phenoxy) is 2. The maximum Gasteiger partial charge on any atom is 0.191 e. The third-order valence-electron chi connectivity index (χ3n) is 4.91. The molecule has 1 fully saturated rings. The van der Waals surface area contributed by atoms with Gasteiger partial charge in [-0.2, -0.15) is 0 Å². The molecule has 7 heteroatoms. The molecule has 1 unspecified atom stereocenters. The summed E-state index contributed by atoms with van der Waals surface area (Å²) in [4.78, 5) is 7.43. The van der Waals surface area contributed by atoms with Gasteiger partial charge in [-0.15, -0.1) is 24.0 Å². The first-order chi connectivity index (χ1) is 13.7. The van der Waals surface area contributed by atoms with Crippen LogP contribution < -0.4 is 15.4 Å². The van der Waals surface area contributed by atoms with Crippen molar-refractivity contribution in [3.05, 3.63) is 29.8 Å². The number of halogens is 1. The lowest BCUT2D eigenvalue weighted by Gasteiger charge is -2.28. The Morgan fingerprint density at radius 2 is 1.90 bits per heavy atom. The van der Waals surface area contributed by atoms with Crippen molar-refractivity contribution in [2.24, 2.45) is 4.99 Å². The van der Waals surface area contributed by atoms with E-state index in [0.29, 0.717) is 6.54 Å². The van der Waals surface area contributed by atoms with Gasteiger partial charge in [-0.25, -0.2) is 0 Å². The van der Waals surface area contributed by atoms with E-state index in [0.717, 1.165) is 50.9 Å². The first kappa shape index (κ1) is 26.0. The highest BCUT2D eigenvalue weighted by Crippen LogP contribution is 2.31. The number of rotatable bonds is 11. The van der Waals surface area contributed by atoms with Crippen molar-refractivity contribution >= 4 is 29.9 Å². The van der Waals surface area contributed by atoms with Gasteiger partial charge >= 0.3 is 0 Å². The number of likely N-dealkylation sites (tertiary alicyclic amines) is 1. The van der Waals surface area contributed by atoms with E-state index in [-0.39, 0.29) is 36.1 Å². The minimum Gasteiger partial charge on any atom is -0.496 e. The van der Waals surface area contributed by atoms with E-state index in [1.807, 2.05) is 12.1 Å². The molecule has 1 aliphatic heterocycles. The van der Waals surface area contributed by atoms with Gasteiger partial charge in [-0.3, -0.25) is 9.89 Å². The maximum absolute atomic E-state index is 5.63. The molecule has 0 amide bonds. The van der Waals surface area contributed by atoms with Gasteiger partial charge in [0, 0.05) is 25.3 Å². The van der Waals surface area contributed by atoms with E-state index < -0.39 is 0 Å². The second-order valence-electron chi connectivity index (χ2n) is 7.42. The smallest absolute Gasteiger partial charge is 0.191 e. The van der Waals surface area contributed by atoms with Gasteiger partial charge in [-0.05, 0) is 59.2 Å². The molecule has 29 heavy (non-hydrogen) atoms. The molecule has 6 nitrogen and oxygen atoms in total. The Hall–Kier alpha value is -1.06. The van der Waals surface area contributed by atoms with Crippen molar-refractivity contribution in [3.63, 3.8) is 0 Å². The standard InChI is InChI=1S/C22H38N4O2.HI/c1-5-23-22(24-13-10-16-28-18(2)3)25-17-20(26-14-8-9-15-26)19-11-6-7-12-21(19)27-4;/h6-7,11-12,18,20H,5,8-10,13-17H2,1-4H3,(H2,23,24,25);1H. The van der Waals surface area contributed by atoms with Crippen molar-refractivity contribution in [1.82, 2.24) is 15.5 Å². The zero-order valence-corrected chi connectivity index (χ0v) is 20.8. The van der Waals surface area contributed by atoms with Crippen LogP contribution in [-0.4, -0.2) is 63.4 Å². The van der Waals surface area contributed by atoms with Crippen molar-refractivity contribution in [2.45, 2.75) is 52.2 Å². The number of para-hydroxylation sites is 1. The molecule has 0 spiro atoms. The topological polar surface area (TPSA) is 58.1 Å². The van der Waals surface area contributed by atoms with E-state index in [1.54, 1.807) is 7.11 Å². The third-order valence-corrected chi connectivity index (χ3v) is 4.91. The number of aliphatic imine (C=N–C) groups is 1. The largest absolute Gasteiger partial charge is 0.496 e. The number of nitrogens with zero attached hydrogens (tertiary/aromatic N) is 2. The fourth-order valence-electron chi connectivity index (χ4n) is 3.52. The minimum absolute atomic E-state index is 0. The van der Waals surface area contributed by atoms with Crippen LogP contribution in [0.25, 0.3) is 0 Å². The summed E-state index contributed by atoms with van der Waals surface area (Å²) >= 11 is 0. The Morgan fingerprint density at radius 3 is 2.55 bits per heavy atom. The van der Waals surface area contributed by atoms with Crippen LogP contribution >= 0.6 is 24.0 Å². The fourth-order valence-corrected chi connectivity index (χ4v) is 3.52. The summed E-state index contributed by atoms with van der Waals surface area (Å²) in [5.74, 6) is 1.81. The van der Waals surface area contributed by atoms with Gasteiger partial charge in [0.25, 0.3) is 0 Å². The SMILES string of the molecule is CCNC(=NCC(c1ccccc1OC)N1CCCC1)NCCCOC(C)C.I. The van der Waals surface area contributed by atoms with Crippen molar-refractivity contribution < 1.29 is 9.47 Å². The molecule has 0 aromatic heterocycles. The Bertz CT molecular complexity index is 592. The lowest BCUT2D eigenvalue weighted by atomic mass is 10.0. The average Bonchev–Trinajstić information content (AvgIpc) is 3.22. The molecule has 1 aromatic carbocycles. The van der Waals surface area contributed by atoms with E-state index >= 15 is 0 Å². The molecule has 1 aromatic rings. The number of hydrogen-bond acceptors (Lipinski definition) is 4. The Balaban J connectivity index is 0.00000420. The van der Waals surface area contributed by atoms with Crippen LogP contribution in [0, 0.1) is 0 Å². The van der Waals surface area contributed by atoms with Crippen LogP contribution in [0.4, 0.5) is 0 Å². The van der Waals surface area contributed by atoms with Crippen molar-refractivity contribution in [1.29, 1.82) is 0 Å². The maximum atomic E-state index is 5.63. The number of guanidine groups is 1. The molecule has 1 saturated heterocycles. The van der Waals surface area contributed by atoms with Gasteiger partial charge in [0.1, 0.15) is 5.75 Å². The highest BCUT2D eigenvalue weighted by atomic mass is 127. The Morgan fingerprint density at radius 1 is 1.17 bits per heavy atom. The van der Waals surface area contributed by atoms with Crippen LogP contribution in [0.15, 0.2) is 29.3 Å². The second kappa shape index (κ2) is 14.8. The van der Waals surface area contributed by atoms with E-state index in [9.17, 15) is 0 Å². The van der Waals surface area contributed by atoms with Gasteiger partial charge in [0.2, 0.25) is 0 Å². The Kier molecular flexibility index (Phi) is 13.3. The number of hydrogen-bond donors (Lipinski definition) is 2. The van der Waals surface area contributed by atoms with Crippen LogP contribution in [0.1, 0.15) is 51.6 Å². The van der Waals surface area contributed by atoms with E-state index in [2.05, 4.69) is 48.4 Å². The monoisotopic (exact) mass is 518 g/mol. The molecule has 1 heterocycles. The van der Waals surface area contributed by atoms with Crippen LogP contribution in [-0.2, 0) is 4.74 Å². The summed E-state index contributed by atoms with van der Waals surface area (Å²) in [5.41, 5.74) is 1.22. The molecule has 1 atom stereocenters. The molecular formula is C22H39IN4O2. The minimum atomic E-state index is 0. The second-order valence-corrected chi connectivity index (χ2v) is 7.42. The highest BCUT2D eigenvalue weighted by Gasteiger charge is 2.25. The average molecular weight is 518 g/mol. The lowest BCUT2D eigenvalue weighted by Crippen LogP contribution is -2.39. The Labute approximate surface area is 193 Å². The van der Waals surface area contributed by atoms with Gasteiger partial charge in [-0.1, -0.05) is 18.2 Å². The zero-order valence-electron chi connectivity index (χ0n) is 18.4. The molecule has 0 saturated carbocycles. The normalized spacial score (nSPS) is 15.8. The summed E-state index contributed by atoms with van der Waals surface area (Å²) in [5, 5.41) is 6.79. The molecule has 2 N–H and O–H groups in total. The molecule has 0 radical (unpaired) electrons. The summed E-state index contributed by atoms with van der Waals surface area (Å²) in [6.45, 7) is 11.6. The van der Waals surface area contributed by atoms with Crippen LogP contribution in [0.2, 0.25) is 0 Å². The molecule has 1 aliphatic rings. The summed E-state index contributed by atoms with van der Waals surface area (Å²) in [6.07, 6.45) is 3.75. The van der Waals surface area contributed by atoms with Crippen LogP contribution in [0.3, 0.4) is 0 Å². The van der Waals surface area contributed by atoms with E-state index in [4.69, 9.17) is 14.5 Å². The summed E-state index contributed by atoms with van der Waals surface area (Å²) < 4.78 is 11.2. The number of methoxy groups -OCH3 is 1. The zero-order chi connectivity index (χ0) is 20.2. The van der Waals surface area contributed by atoms with Crippen molar-refractivity contribution in [3.8, 4) is 5.75 Å². The summed E-state index contributed by atoms with van der Waals surface area (Å²) in [6, 6.07) is 8.56. The van der Waals surface area contributed by atoms with Crippen molar-refractivity contribution in [2.75, 3.05) is 46.4 Å². The quantitative estimate of drug-likeness (QED) is 0.202. The molecular weight excluding hydrogens is 479 g/mol. The molecule has 166 valence electrons. The van der Waals surface area contributed by atoms with Gasteiger partial charge < -0.3 is 20.1 Å². The predicted octanol–water partition coefficient (Wildman–Crippen LogP) is 3.82. The first-order valence-electron chi connectivity index (χ1n) is 10.7. The molecule has 2 rings (SSSR count). The third kappa shape index (κ3) is 9.09.